The molecule has 0 aliphatic rings. The molecule has 0 radical (unpaired) electrons. The molecular formula is C5H12ClNO3S. The molecule has 0 aromatic rings. The zero-order valence-electron chi connectivity index (χ0n) is 6.72. The van der Waals surface area contributed by atoms with Crippen LogP contribution in [0.25, 0.3) is 0 Å². The Morgan fingerprint density at radius 1 is 1.45 bits per heavy atom. The van der Waals surface area contributed by atoms with Gasteiger partial charge in [-0.05, 0) is 20.8 Å². The van der Waals surface area contributed by atoms with Crippen LogP contribution in [0, 0.1) is 0 Å². The van der Waals surface area contributed by atoms with Gasteiger partial charge in [0.25, 0.3) is 0 Å². The van der Waals surface area contributed by atoms with Gasteiger partial charge in [-0.1, -0.05) is 4.89 Å². The number of nitrogens with one attached hydrogen (secondary N) is 1. The van der Waals surface area contributed by atoms with Gasteiger partial charge < -0.3 is 0 Å². The highest BCUT2D eigenvalue weighted by molar-refractivity contribution is 7.90. The van der Waals surface area contributed by atoms with E-state index in [1.165, 1.54) is 0 Å². The molecule has 0 rings (SSSR count). The SMILES string of the molecule is CC(C)(C)ONS(=O)(=O)CCl. The first kappa shape index (κ1) is 11.2. The predicted molar refractivity (Wildman–Crippen MR) is 43.6 cm³/mol. The molecule has 11 heavy (non-hydrogen) atoms. The summed E-state index contributed by atoms with van der Waals surface area (Å²) in [6.45, 7) is 5.18. The molecule has 68 valence electrons. The average Bonchev–Trinajstić information content (AvgIpc) is 1.83. The van der Waals surface area contributed by atoms with E-state index in [4.69, 9.17) is 16.4 Å². The van der Waals surface area contributed by atoms with Crippen LogP contribution in [0.2, 0.25) is 0 Å². The van der Waals surface area contributed by atoms with E-state index in [1.54, 1.807) is 20.8 Å². The molecule has 1 N–H and O–H groups in total. The van der Waals surface area contributed by atoms with Crippen LogP contribution >= 0.6 is 11.6 Å². The predicted octanol–water partition coefficient (Wildman–Crippen LogP) is 0.832. The molecule has 0 spiro atoms. The summed E-state index contributed by atoms with van der Waals surface area (Å²) in [5.74, 6) is 0. The highest BCUT2D eigenvalue weighted by Gasteiger charge is 2.15. The number of sulfonamides is 1. The van der Waals surface area contributed by atoms with Crippen LogP contribution < -0.4 is 4.89 Å². The molecule has 0 aliphatic heterocycles. The van der Waals surface area contributed by atoms with Crippen LogP contribution in [0.3, 0.4) is 0 Å². The second kappa shape index (κ2) is 3.71. The Morgan fingerprint density at radius 2 is 1.91 bits per heavy atom. The van der Waals surface area contributed by atoms with Crippen molar-refractivity contribution in [1.29, 1.82) is 0 Å². The first-order valence-corrected chi connectivity index (χ1v) is 5.19. The lowest BCUT2D eigenvalue weighted by Crippen LogP contribution is -2.34. The van der Waals surface area contributed by atoms with E-state index in [-0.39, 0.29) is 0 Å². The first-order valence-electron chi connectivity index (χ1n) is 3.00. The molecule has 0 atom stereocenters. The molecule has 0 saturated heterocycles. The minimum absolute atomic E-state index is 0.497. The first-order chi connectivity index (χ1) is 4.77. The number of halogens is 1. The molecule has 0 amide bonds. The molecule has 0 saturated carbocycles. The molecule has 0 fully saturated rings. The minimum Gasteiger partial charge on any atom is -0.281 e. The largest absolute Gasteiger partial charge is 0.281 e. The van der Waals surface area contributed by atoms with Crippen LogP contribution in [0.4, 0.5) is 0 Å². The van der Waals surface area contributed by atoms with Crippen molar-refractivity contribution in [2.75, 3.05) is 5.21 Å². The molecule has 0 aliphatic carbocycles. The topological polar surface area (TPSA) is 55.4 Å². The van der Waals surface area contributed by atoms with E-state index in [1.807, 2.05) is 4.89 Å². The lowest BCUT2D eigenvalue weighted by Gasteiger charge is -2.18. The van der Waals surface area contributed by atoms with Crippen molar-refractivity contribution in [3.05, 3.63) is 0 Å². The van der Waals surface area contributed by atoms with Gasteiger partial charge in [-0.25, -0.2) is 8.42 Å². The van der Waals surface area contributed by atoms with Gasteiger partial charge in [0.15, 0.2) is 0 Å². The quantitative estimate of drug-likeness (QED) is 0.544. The molecular weight excluding hydrogens is 190 g/mol. The van der Waals surface area contributed by atoms with Gasteiger partial charge in [-0.3, -0.25) is 4.84 Å². The summed E-state index contributed by atoms with van der Waals surface area (Å²) >= 11 is 5.09. The fourth-order valence-corrected chi connectivity index (χ4v) is 0.766. The highest BCUT2D eigenvalue weighted by atomic mass is 35.5. The van der Waals surface area contributed by atoms with Gasteiger partial charge in [0, 0.05) is 0 Å². The van der Waals surface area contributed by atoms with Crippen LogP contribution in [-0.2, 0) is 14.9 Å². The molecule has 0 unspecified atom stereocenters. The van der Waals surface area contributed by atoms with Crippen molar-refractivity contribution < 1.29 is 13.3 Å². The number of alkyl halides is 1. The van der Waals surface area contributed by atoms with Gasteiger partial charge in [0.1, 0.15) is 5.21 Å². The number of rotatable bonds is 3. The maximum absolute atomic E-state index is 10.7. The van der Waals surface area contributed by atoms with Gasteiger partial charge in [-0.15, -0.1) is 11.6 Å². The van der Waals surface area contributed by atoms with Crippen molar-refractivity contribution in [3.63, 3.8) is 0 Å². The van der Waals surface area contributed by atoms with Crippen molar-refractivity contribution in [3.8, 4) is 0 Å². The molecule has 0 aromatic heterocycles. The summed E-state index contributed by atoms with van der Waals surface area (Å²) in [6.07, 6.45) is 0. The fourth-order valence-electron chi connectivity index (χ4n) is 0.211. The molecule has 6 heteroatoms. The van der Waals surface area contributed by atoms with Crippen molar-refractivity contribution in [2.45, 2.75) is 26.4 Å². The van der Waals surface area contributed by atoms with Gasteiger partial charge in [0.2, 0.25) is 10.0 Å². The fraction of sp³-hybridized carbons (Fsp3) is 1.00. The van der Waals surface area contributed by atoms with E-state index >= 15 is 0 Å². The summed E-state index contributed by atoms with van der Waals surface area (Å²) in [6, 6.07) is 0. The Balaban J connectivity index is 3.91. The molecule has 0 heterocycles. The normalized spacial score (nSPS) is 13.5. The third kappa shape index (κ3) is 6.55. The number of hydrogen-bond acceptors (Lipinski definition) is 3. The third-order valence-corrected chi connectivity index (χ3v) is 2.10. The smallest absolute Gasteiger partial charge is 0.247 e. The summed E-state index contributed by atoms with van der Waals surface area (Å²) in [5.41, 5.74) is -0.543. The second-order valence-electron chi connectivity index (χ2n) is 3.02. The van der Waals surface area contributed by atoms with Crippen molar-refractivity contribution in [2.24, 2.45) is 0 Å². The van der Waals surface area contributed by atoms with Gasteiger partial charge in [-0.2, -0.15) is 0 Å². The summed E-state index contributed by atoms with van der Waals surface area (Å²) in [5, 5.41) is -0.497. The van der Waals surface area contributed by atoms with E-state index < -0.39 is 20.8 Å². The van der Waals surface area contributed by atoms with E-state index in [0.29, 0.717) is 0 Å². The van der Waals surface area contributed by atoms with Crippen LogP contribution in [0.5, 0.6) is 0 Å². The third-order valence-electron chi connectivity index (χ3n) is 0.618. The summed E-state index contributed by atoms with van der Waals surface area (Å²) < 4.78 is 21.4. The molecule has 0 aromatic carbocycles. The van der Waals surface area contributed by atoms with Gasteiger partial charge >= 0.3 is 0 Å². The molecule has 4 nitrogen and oxygen atoms in total. The molecule has 0 bridgehead atoms. The zero-order chi connectivity index (χ0) is 9.12. The zero-order valence-corrected chi connectivity index (χ0v) is 8.29. The van der Waals surface area contributed by atoms with Crippen LogP contribution in [0.15, 0.2) is 0 Å². The maximum atomic E-state index is 10.7. The monoisotopic (exact) mass is 201 g/mol. The van der Waals surface area contributed by atoms with E-state index in [9.17, 15) is 8.42 Å². The Morgan fingerprint density at radius 3 is 2.18 bits per heavy atom. The Bertz CT molecular complexity index is 206. The maximum Gasteiger partial charge on any atom is 0.247 e. The Kier molecular flexibility index (Phi) is 3.76. The number of hydrogen-bond donors (Lipinski definition) is 1. The second-order valence-corrected chi connectivity index (χ2v) is 5.29. The van der Waals surface area contributed by atoms with E-state index in [2.05, 4.69) is 0 Å². The summed E-state index contributed by atoms with van der Waals surface area (Å²) in [7, 11) is -3.46. The average molecular weight is 202 g/mol. The minimum atomic E-state index is -3.46. The van der Waals surface area contributed by atoms with Crippen molar-refractivity contribution >= 4 is 21.6 Å². The Hall–Kier alpha value is 0.160. The highest BCUT2D eigenvalue weighted by Crippen LogP contribution is 2.04. The van der Waals surface area contributed by atoms with Crippen molar-refractivity contribution in [1.82, 2.24) is 4.89 Å². The summed E-state index contributed by atoms with van der Waals surface area (Å²) in [4.78, 5) is 6.65. The van der Waals surface area contributed by atoms with E-state index in [0.717, 1.165) is 0 Å². The Labute approximate surface area is 71.9 Å². The van der Waals surface area contributed by atoms with Gasteiger partial charge in [0.05, 0.1) is 5.60 Å². The lowest BCUT2D eigenvalue weighted by atomic mass is 10.2. The van der Waals surface area contributed by atoms with Crippen LogP contribution in [0.1, 0.15) is 20.8 Å². The van der Waals surface area contributed by atoms with Crippen LogP contribution in [-0.4, -0.2) is 19.2 Å². The lowest BCUT2D eigenvalue weighted by molar-refractivity contribution is -0.0355. The standard InChI is InChI=1S/C5H12ClNO3S/c1-5(2,3)10-7-11(8,9)4-6/h7H,4H2,1-3H3.